The zero-order valence-electron chi connectivity index (χ0n) is 7.30. The van der Waals surface area contributed by atoms with E-state index in [1.807, 2.05) is 6.92 Å². The van der Waals surface area contributed by atoms with E-state index in [4.69, 9.17) is 16.3 Å². The molecule has 0 saturated carbocycles. The number of ether oxygens (including phenoxy) is 1. The molecule has 0 N–H and O–H groups in total. The standard InChI is InChI=1S/C9H12ClNO/c1-7-8(4-6-12-2)9(10)3-5-11-7/h3,5H,4,6H2,1-2H3. The van der Waals surface area contributed by atoms with E-state index in [2.05, 4.69) is 4.98 Å². The Morgan fingerprint density at radius 2 is 2.33 bits per heavy atom. The minimum absolute atomic E-state index is 0.687. The fourth-order valence-corrected chi connectivity index (χ4v) is 1.36. The van der Waals surface area contributed by atoms with Gasteiger partial charge in [0.25, 0.3) is 0 Å². The summed E-state index contributed by atoms with van der Waals surface area (Å²) < 4.78 is 4.97. The maximum absolute atomic E-state index is 5.97. The fraction of sp³-hybridized carbons (Fsp3) is 0.444. The fourth-order valence-electron chi connectivity index (χ4n) is 1.07. The smallest absolute Gasteiger partial charge is 0.0503 e. The number of rotatable bonds is 3. The summed E-state index contributed by atoms with van der Waals surface area (Å²) in [5, 5.41) is 0.777. The normalized spacial score (nSPS) is 10.2. The van der Waals surface area contributed by atoms with Gasteiger partial charge in [-0.25, -0.2) is 0 Å². The molecule has 1 rings (SSSR count). The van der Waals surface area contributed by atoms with Gasteiger partial charge in [-0.2, -0.15) is 0 Å². The Labute approximate surface area is 77.5 Å². The number of hydrogen-bond acceptors (Lipinski definition) is 2. The van der Waals surface area contributed by atoms with E-state index in [0.717, 1.165) is 22.7 Å². The maximum Gasteiger partial charge on any atom is 0.0503 e. The molecule has 0 aromatic carbocycles. The highest BCUT2D eigenvalue weighted by Crippen LogP contribution is 2.17. The summed E-state index contributed by atoms with van der Waals surface area (Å²) in [5.41, 5.74) is 2.07. The molecule has 1 heterocycles. The Hall–Kier alpha value is -0.600. The van der Waals surface area contributed by atoms with Crippen molar-refractivity contribution < 1.29 is 4.74 Å². The van der Waals surface area contributed by atoms with Gasteiger partial charge in [-0.3, -0.25) is 4.98 Å². The second-order valence-electron chi connectivity index (χ2n) is 2.60. The quantitative estimate of drug-likeness (QED) is 0.721. The lowest BCUT2D eigenvalue weighted by molar-refractivity contribution is 0.202. The van der Waals surface area contributed by atoms with Crippen LogP contribution < -0.4 is 0 Å². The van der Waals surface area contributed by atoms with E-state index >= 15 is 0 Å². The van der Waals surface area contributed by atoms with Gasteiger partial charge in [0, 0.05) is 24.0 Å². The third kappa shape index (κ3) is 2.19. The largest absolute Gasteiger partial charge is 0.384 e. The third-order valence-corrected chi connectivity index (χ3v) is 2.12. The van der Waals surface area contributed by atoms with Crippen molar-refractivity contribution in [3.05, 3.63) is 28.5 Å². The van der Waals surface area contributed by atoms with Crippen molar-refractivity contribution in [2.24, 2.45) is 0 Å². The van der Waals surface area contributed by atoms with Crippen LogP contribution in [0.15, 0.2) is 12.3 Å². The second kappa shape index (κ2) is 4.43. The minimum Gasteiger partial charge on any atom is -0.384 e. The lowest BCUT2D eigenvalue weighted by Crippen LogP contribution is -1.99. The Balaban J connectivity index is 2.81. The van der Waals surface area contributed by atoms with Gasteiger partial charge in [-0.05, 0) is 25.0 Å². The van der Waals surface area contributed by atoms with Gasteiger partial charge in [-0.15, -0.1) is 0 Å². The first-order chi connectivity index (χ1) is 5.75. The summed E-state index contributed by atoms with van der Waals surface area (Å²) in [7, 11) is 1.68. The van der Waals surface area contributed by atoms with E-state index in [-0.39, 0.29) is 0 Å². The van der Waals surface area contributed by atoms with Crippen molar-refractivity contribution in [2.75, 3.05) is 13.7 Å². The highest BCUT2D eigenvalue weighted by molar-refractivity contribution is 6.31. The summed E-state index contributed by atoms with van der Waals surface area (Å²) >= 11 is 5.97. The van der Waals surface area contributed by atoms with Crippen molar-refractivity contribution in [1.82, 2.24) is 4.98 Å². The van der Waals surface area contributed by atoms with Gasteiger partial charge < -0.3 is 4.74 Å². The zero-order valence-corrected chi connectivity index (χ0v) is 8.06. The summed E-state index contributed by atoms with van der Waals surface area (Å²) in [6, 6.07) is 1.81. The van der Waals surface area contributed by atoms with E-state index in [9.17, 15) is 0 Å². The number of hydrogen-bond donors (Lipinski definition) is 0. The average Bonchev–Trinajstić information content (AvgIpc) is 2.04. The summed E-state index contributed by atoms with van der Waals surface area (Å²) in [4.78, 5) is 4.15. The molecule has 0 saturated heterocycles. The van der Waals surface area contributed by atoms with Gasteiger partial charge in [0.05, 0.1) is 6.61 Å². The Morgan fingerprint density at radius 1 is 1.58 bits per heavy atom. The van der Waals surface area contributed by atoms with Crippen LogP contribution in [-0.4, -0.2) is 18.7 Å². The number of aryl methyl sites for hydroxylation is 1. The predicted molar refractivity (Wildman–Crippen MR) is 49.6 cm³/mol. The maximum atomic E-state index is 5.97. The molecule has 0 fully saturated rings. The van der Waals surface area contributed by atoms with Crippen LogP contribution in [0.1, 0.15) is 11.3 Å². The molecule has 1 aromatic heterocycles. The number of methoxy groups -OCH3 is 1. The van der Waals surface area contributed by atoms with Crippen molar-refractivity contribution >= 4 is 11.6 Å². The van der Waals surface area contributed by atoms with Gasteiger partial charge in [0.2, 0.25) is 0 Å². The van der Waals surface area contributed by atoms with E-state index in [1.54, 1.807) is 19.4 Å². The van der Waals surface area contributed by atoms with Crippen LogP contribution in [0.25, 0.3) is 0 Å². The Morgan fingerprint density at radius 3 is 2.92 bits per heavy atom. The molecular weight excluding hydrogens is 174 g/mol. The number of nitrogens with zero attached hydrogens (tertiary/aromatic N) is 1. The molecule has 0 unspecified atom stereocenters. The first kappa shape index (κ1) is 9.49. The second-order valence-corrected chi connectivity index (χ2v) is 3.01. The van der Waals surface area contributed by atoms with Crippen LogP contribution in [0, 0.1) is 6.92 Å². The average molecular weight is 186 g/mol. The van der Waals surface area contributed by atoms with Crippen molar-refractivity contribution in [1.29, 1.82) is 0 Å². The molecule has 2 nitrogen and oxygen atoms in total. The molecule has 0 amide bonds. The van der Waals surface area contributed by atoms with E-state index in [0.29, 0.717) is 6.61 Å². The molecule has 1 aromatic rings. The molecule has 3 heteroatoms. The number of aromatic nitrogens is 1. The first-order valence-electron chi connectivity index (χ1n) is 3.84. The van der Waals surface area contributed by atoms with Gasteiger partial charge in [-0.1, -0.05) is 11.6 Å². The van der Waals surface area contributed by atoms with Crippen LogP contribution in [0.4, 0.5) is 0 Å². The SMILES string of the molecule is COCCc1c(Cl)ccnc1C. The van der Waals surface area contributed by atoms with Crippen LogP contribution in [0.3, 0.4) is 0 Å². The first-order valence-corrected chi connectivity index (χ1v) is 4.22. The van der Waals surface area contributed by atoms with Gasteiger partial charge in [0.15, 0.2) is 0 Å². The van der Waals surface area contributed by atoms with E-state index in [1.165, 1.54) is 0 Å². The predicted octanol–water partition coefficient (Wildman–Crippen LogP) is 2.23. The molecule has 0 aliphatic carbocycles. The molecule has 12 heavy (non-hydrogen) atoms. The summed E-state index contributed by atoms with van der Waals surface area (Å²) in [6.07, 6.45) is 2.54. The van der Waals surface area contributed by atoms with Crippen molar-refractivity contribution in [3.8, 4) is 0 Å². The van der Waals surface area contributed by atoms with Crippen LogP contribution >= 0.6 is 11.6 Å². The van der Waals surface area contributed by atoms with Crippen molar-refractivity contribution in [3.63, 3.8) is 0 Å². The summed E-state index contributed by atoms with van der Waals surface area (Å²) in [5.74, 6) is 0. The lowest BCUT2D eigenvalue weighted by atomic mass is 10.1. The highest BCUT2D eigenvalue weighted by atomic mass is 35.5. The van der Waals surface area contributed by atoms with Gasteiger partial charge in [0.1, 0.15) is 0 Å². The monoisotopic (exact) mass is 185 g/mol. The van der Waals surface area contributed by atoms with Gasteiger partial charge >= 0.3 is 0 Å². The van der Waals surface area contributed by atoms with Crippen molar-refractivity contribution in [2.45, 2.75) is 13.3 Å². The zero-order chi connectivity index (χ0) is 8.97. The minimum atomic E-state index is 0.687. The molecule has 0 aliphatic heterocycles. The number of halogens is 1. The molecule has 0 spiro atoms. The Kier molecular flexibility index (Phi) is 3.50. The lowest BCUT2D eigenvalue weighted by Gasteiger charge is -2.05. The molecule has 66 valence electrons. The third-order valence-electron chi connectivity index (χ3n) is 1.77. The highest BCUT2D eigenvalue weighted by Gasteiger charge is 2.03. The summed E-state index contributed by atoms with van der Waals surface area (Å²) in [6.45, 7) is 2.64. The van der Waals surface area contributed by atoms with Crippen LogP contribution in [0.5, 0.6) is 0 Å². The molecule has 0 atom stereocenters. The number of pyridine rings is 1. The Bertz CT molecular complexity index is 242. The molecular formula is C9H12ClNO. The molecule has 0 radical (unpaired) electrons. The molecule has 0 bridgehead atoms. The topological polar surface area (TPSA) is 22.1 Å². The van der Waals surface area contributed by atoms with Crippen LogP contribution in [0.2, 0.25) is 5.02 Å². The molecule has 0 aliphatic rings. The van der Waals surface area contributed by atoms with Crippen LogP contribution in [-0.2, 0) is 11.2 Å². The van der Waals surface area contributed by atoms with E-state index < -0.39 is 0 Å².